The van der Waals surface area contributed by atoms with Crippen molar-refractivity contribution < 1.29 is 10.2 Å². The summed E-state index contributed by atoms with van der Waals surface area (Å²) in [4.78, 5) is 2.51. The molecular weight excluding hydrogens is 358 g/mol. The van der Waals surface area contributed by atoms with Crippen LogP contribution in [0.4, 0.5) is 0 Å². The average Bonchev–Trinajstić information content (AvgIpc) is 3.20. The molecule has 0 heterocycles. The third-order valence-corrected chi connectivity index (χ3v) is 7.30. The zero-order valence-corrected chi connectivity index (χ0v) is 19.6. The van der Waals surface area contributed by atoms with Crippen LogP contribution < -0.4 is 0 Å². The minimum Gasteiger partial charge on any atom is -0.392 e. The highest BCUT2D eigenvalue weighted by atomic mass is 16.3. The largest absolute Gasteiger partial charge is 0.392 e. The van der Waals surface area contributed by atoms with Gasteiger partial charge < -0.3 is 15.1 Å². The van der Waals surface area contributed by atoms with Gasteiger partial charge in [-0.15, -0.1) is 0 Å². The summed E-state index contributed by atoms with van der Waals surface area (Å²) in [6, 6.07) is 0. The van der Waals surface area contributed by atoms with Crippen molar-refractivity contribution in [1.82, 2.24) is 4.90 Å². The molecule has 2 aliphatic carbocycles. The van der Waals surface area contributed by atoms with E-state index in [1.807, 2.05) is 6.92 Å². The molecule has 2 aliphatic rings. The van der Waals surface area contributed by atoms with Gasteiger partial charge >= 0.3 is 0 Å². The number of fused-ring (bicyclic) bond motifs is 1. The van der Waals surface area contributed by atoms with E-state index in [1.165, 1.54) is 38.6 Å². The molecule has 1 fully saturated rings. The highest BCUT2D eigenvalue weighted by Gasteiger charge is 2.43. The molecule has 0 unspecified atom stereocenters. The number of hydrogen-bond donors (Lipinski definition) is 2. The fourth-order valence-electron chi connectivity index (χ4n) is 5.33. The second-order valence-electron chi connectivity index (χ2n) is 9.81. The van der Waals surface area contributed by atoms with Gasteiger partial charge in [-0.25, -0.2) is 0 Å². The first-order valence-electron chi connectivity index (χ1n) is 12.4. The van der Waals surface area contributed by atoms with Gasteiger partial charge in [0.1, 0.15) is 0 Å². The van der Waals surface area contributed by atoms with E-state index in [1.54, 1.807) is 5.57 Å². The van der Waals surface area contributed by atoms with Crippen molar-refractivity contribution in [3.63, 3.8) is 0 Å². The van der Waals surface area contributed by atoms with Crippen molar-refractivity contribution in [2.45, 2.75) is 104 Å². The van der Waals surface area contributed by atoms with Crippen molar-refractivity contribution in [2.24, 2.45) is 17.8 Å². The van der Waals surface area contributed by atoms with Crippen LogP contribution in [0, 0.1) is 17.8 Å². The van der Waals surface area contributed by atoms with Gasteiger partial charge in [-0.05, 0) is 83.3 Å². The first kappa shape index (κ1) is 24.6. The lowest BCUT2D eigenvalue weighted by Crippen LogP contribution is -2.23. The lowest BCUT2D eigenvalue weighted by atomic mass is 9.87. The smallest absolute Gasteiger partial charge is 0.0654 e. The van der Waals surface area contributed by atoms with E-state index in [2.05, 4.69) is 43.9 Å². The Hall–Kier alpha value is -0.640. The van der Waals surface area contributed by atoms with Gasteiger partial charge in [0.05, 0.1) is 11.7 Å². The lowest BCUT2D eigenvalue weighted by Gasteiger charge is -2.22. The predicted octanol–water partition coefficient (Wildman–Crippen LogP) is 5.72. The highest BCUT2D eigenvalue weighted by Crippen LogP contribution is 2.48. The Morgan fingerprint density at radius 3 is 2.59 bits per heavy atom. The number of hydrogen-bond acceptors (Lipinski definition) is 3. The van der Waals surface area contributed by atoms with E-state index >= 15 is 0 Å². The average molecular weight is 406 g/mol. The van der Waals surface area contributed by atoms with E-state index < -0.39 is 5.60 Å². The molecule has 0 spiro atoms. The van der Waals surface area contributed by atoms with E-state index in [0.29, 0.717) is 18.3 Å². The number of nitrogens with zero attached hydrogens (tertiary/aromatic N) is 1. The molecular formula is C26H47NO2. The maximum absolute atomic E-state index is 10.5. The van der Waals surface area contributed by atoms with Crippen LogP contribution in [0.2, 0.25) is 0 Å². The number of allylic oxidation sites excluding steroid dienone is 2. The van der Waals surface area contributed by atoms with Crippen LogP contribution in [0.3, 0.4) is 0 Å². The van der Waals surface area contributed by atoms with E-state index in [4.69, 9.17) is 0 Å². The predicted molar refractivity (Wildman–Crippen MR) is 124 cm³/mol. The minimum atomic E-state index is -0.611. The molecule has 0 aromatic rings. The second kappa shape index (κ2) is 12.3. The molecule has 5 atom stereocenters. The molecule has 0 aromatic carbocycles. The zero-order valence-electron chi connectivity index (χ0n) is 19.6. The summed E-state index contributed by atoms with van der Waals surface area (Å²) in [5.41, 5.74) is 1.02. The van der Waals surface area contributed by atoms with Gasteiger partial charge in [0.25, 0.3) is 0 Å². The Labute approximate surface area is 180 Å². The summed E-state index contributed by atoms with van der Waals surface area (Å²) >= 11 is 0. The van der Waals surface area contributed by atoms with Gasteiger partial charge in [0.15, 0.2) is 0 Å². The summed E-state index contributed by atoms with van der Waals surface area (Å²) in [5, 5.41) is 21.0. The molecule has 2 N–H and O–H groups in total. The van der Waals surface area contributed by atoms with Crippen LogP contribution in [-0.2, 0) is 0 Å². The number of aliphatic hydroxyl groups is 2. The molecule has 1 saturated carbocycles. The van der Waals surface area contributed by atoms with Crippen molar-refractivity contribution in [3.8, 4) is 0 Å². The number of rotatable bonds is 14. The van der Waals surface area contributed by atoms with Crippen LogP contribution in [-0.4, -0.2) is 46.5 Å². The van der Waals surface area contributed by atoms with Crippen molar-refractivity contribution in [3.05, 3.63) is 23.8 Å². The van der Waals surface area contributed by atoms with Gasteiger partial charge in [-0.2, -0.15) is 0 Å². The maximum atomic E-state index is 10.5. The molecule has 0 bridgehead atoms. The fraction of sp³-hybridized carbons (Fsp3) is 0.846. The maximum Gasteiger partial charge on any atom is 0.0654 e. The van der Waals surface area contributed by atoms with Crippen LogP contribution in [0.25, 0.3) is 0 Å². The Bertz CT molecular complexity index is 521. The normalized spacial score (nSPS) is 28.9. The van der Waals surface area contributed by atoms with Crippen LogP contribution in [0.5, 0.6) is 0 Å². The lowest BCUT2D eigenvalue weighted by molar-refractivity contribution is 0.0513. The summed E-state index contributed by atoms with van der Waals surface area (Å²) in [5.74, 6) is 1.40. The second-order valence-corrected chi connectivity index (χ2v) is 9.81. The van der Waals surface area contributed by atoms with Gasteiger partial charge in [-0.1, -0.05) is 63.8 Å². The zero-order chi connectivity index (χ0) is 21.3. The highest BCUT2D eigenvalue weighted by molar-refractivity contribution is 5.20. The quantitative estimate of drug-likeness (QED) is 0.287. The van der Waals surface area contributed by atoms with Crippen LogP contribution in [0.1, 0.15) is 91.9 Å². The standard InChI is InChI=1S/C26H47NO2/c1-5-8-15-26(4,29)16-12-14-23-24-19-21(18-22(24)20-25(23)28)13-10-9-11-17-27(6-2)7-3/h12,14,18,22-25,28-29H,5-11,13,15-17,19-20H2,1-4H3/t22-,23+,24-,25+,26-/m0/s1. The Balaban J connectivity index is 1.73. The Morgan fingerprint density at radius 2 is 1.90 bits per heavy atom. The molecule has 0 saturated heterocycles. The molecule has 3 heteroatoms. The molecule has 3 nitrogen and oxygen atoms in total. The van der Waals surface area contributed by atoms with E-state index in [0.717, 1.165) is 38.8 Å². The topological polar surface area (TPSA) is 43.7 Å². The van der Waals surface area contributed by atoms with Gasteiger partial charge in [0, 0.05) is 5.92 Å². The minimum absolute atomic E-state index is 0.214. The van der Waals surface area contributed by atoms with Gasteiger partial charge in [0.2, 0.25) is 0 Å². The summed E-state index contributed by atoms with van der Waals surface area (Å²) in [6.07, 6.45) is 17.6. The summed E-state index contributed by atoms with van der Waals surface area (Å²) < 4.78 is 0. The third kappa shape index (κ3) is 7.84. The summed E-state index contributed by atoms with van der Waals surface area (Å²) in [6.45, 7) is 12.2. The Morgan fingerprint density at radius 1 is 1.14 bits per heavy atom. The number of aliphatic hydroxyl groups excluding tert-OH is 1. The molecule has 0 amide bonds. The molecule has 0 radical (unpaired) electrons. The first-order valence-corrected chi connectivity index (χ1v) is 12.4. The van der Waals surface area contributed by atoms with Gasteiger partial charge in [-0.3, -0.25) is 0 Å². The van der Waals surface area contributed by atoms with Crippen molar-refractivity contribution >= 4 is 0 Å². The van der Waals surface area contributed by atoms with Crippen LogP contribution >= 0.6 is 0 Å². The fourth-order valence-corrected chi connectivity index (χ4v) is 5.33. The number of unbranched alkanes of at least 4 members (excludes halogenated alkanes) is 3. The van der Waals surface area contributed by atoms with E-state index in [9.17, 15) is 10.2 Å². The van der Waals surface area contributed by atoms with E-state index in [-0.39, 0.29) is 12.0 Å². The molecule has 29 heavy (non-hydrogen) atoms. The molecule has 0 aliphatic heterocycles. The third-order valence-electron chi connectivity index (χ3n) is 7.30. The Kier molecular flexibility index (Phi) is 10.4. The van der Waals surface area contributed by atoms with Crippen molar-refractivity contribution in [1.29, 1.82) is 0 Å². The van der Waals surface area contributed by atoms with Crippen molar-refractivity contribution in [2.75, 3.05) is 19.6 Å². The van der Waals surface area contributed by atoms with Crippen LogP contribution in [0.15, 0.2) is 23.8 Å². The monoisotopic (exact) mass is 405 g/mol. The molecule has 168 valence electrons. The molecule has 0 aromatic heterocycles. The summed E-state index contributed by atoms with van der Waals surface area (Å²) in [7, 11) is 0. The first-order chi connectivity index (χ1) is 13.9. The molecule has 2 rings (SSSR count). The SMILES string of the molecule is CCCC[C@](C)(O)CC=C[C@@H]1[C@H]2CC(CCCCCN(CC)CC)=C[C@H]2C[C@H]1O.